The first-order valence-corrected chi connectivity index (χ1v) is 10.0. The van der Waals surface area contributed by atoms with E-state index in [0.29, 0.717) is 12.3 Å². The maximum Gasteiger partial charge on any atom is 0.263 e. The standard InChI is InChI=1S/C21H22BrN3O2/c1-14(27-17-10-8-16(22)9-11-17)21(26)25-12-4-5-15(13-25)20-23-18-6-2-3-7-19(18)24-20/h2-3,6-11,14-15H,4-5,12-13H2,1H3,(H,23,24)/t14-,15?/m0/s1. The van der Waals surface area contributed by atoms with Crippen LogP contribution in [0, 0.1) is 0 Å². The lowest BCUT2D eigenvalue weighted by atomic mass is 9.97. The SMILES string of the molecule is C[C@H](Oc1ccc(Br)cc1)C(=O)N1CCCC(c2nc3ccccc3[nH]2)C1. The zero-order chi connectivity index (χ0) is 18.8. The van der Waals surface area contributed by atoms with Crippen molar-refractivity contribution in [3.05, 3.63) is 58.8 Å². The fraction of sp³-hybridized carbons (Fsp3) is 0.333. The molecule has 1 aliphatic rings. The van der Waals surface area contributed by atoms with E-state index in [0.717, 1.165) is 40.7 Å². The number of para-hydroxylation sites is 2. The second kappa shape index (κ2) is 7.72. The van der Waals surface area contributed by atoms with Crippen molar-refractivity contribution in [1.82, 2.24) is 14.9 Å². The Morgan fingerprint density at radius 2 is 2.04 bits per heavy atom. The zero-order valence-corrected chi connectivity index (χ0v) is 16.8. The summed E-state index contributed by atoms with van der Waals surface area (Å²) in [4.78, 5) is 22.9. The number of carbonyl (C=O) groups excluding carboxylic acids is 1. The van der Waals surface area contributed by atoms with Crippen LogP contribution in [-0.2, 0) is 4.79 Å². The minimum Gasteiger partial charge on any atom is -0.481 e. The molecule has 0 saturated carbocycles. The molecule has 2 aromatic carbocycles. The van der Waals surface area contributed by atoms with E-state index in [2.05, 4.69) is 20.9 Å². The summed E-state index contributed by atoms with van der Waals surface area (Å²) in [5, 5.41) is 0. The predicted molar refractivity (Wildman–Crippen MR) is 109 cm³/mol. The third-order valence-corrected chi connectivity index (χ3v) is 5.53. The number of aromatic amines is 1. The van der Waals surface area contributed by atoms with Crippen LogP contribution in [0.2, 0.25) is 0 Å². The molecule has 4 rings (SSSR count). The Morgan fingerprint density at radius 1 is 1.26 bits per heavy atom. The summed E-state index contributed by atoms with van der Waals surface area (Å²) in [6, 6.07) is 15.6. The predicted octanol–water partition coefficient (Wildman–Crippen LogP) is 4.50. The molecule has 0 spiro atoms. The highest BCUT2D eigenvalue weighted by Gasteiger charge is 2.29. The molecule has 0 radical (unpaired) electrons. The fourth-order valence-electron chi connectivity index (χ4n) is 3.59. The first-order valence-electron chi connectivity index (χ1n) is 9.26. The van der Waals surface area contributed by atoms with E-state index in [4.69, 9.17) is 9.72 Å². The normalized spacial score (nSPS) is 18.4. The molecule has 3 aromatic rings. The topological polar surface area (TPSA) is 58.2 Å². The van der Waals surface area contributed by atoms with Crippen LogP contribution in [0.15, 0.2) is 53.0 Å². The molecule has 0 bridgehead atoms. The van der Waals surface area contributed by atoms with Crippen LogP contribution in [0.4, 0.5) is 0 Å². The first kappa shape index (κ1) is 18.0. The molecular weight excluding hydrogens is 406 g/mol. The summed E-state index contributed by atoms with van der Waals surface area (Å²) in [6.45, 7) is 3.26. The Bertz CT molecular complexity index is 905. The summed E-state index contributed by atoms with van der Waals surface area (Å²) in [6.07, 6.45) is 1.49. The van der Waals surface area contributed by atoms with Crippen LogP contribution in [0.1, 0.15) is 31.5 Å². The van der Waals surface area contributed by atoms with Crippen molar-refractivity contribution in [2.75, 3.05) is 13.1 Å². The molecule has 1 amide bonds. The van der Waals surface area contributed by atoms with E-state index < -0.39 is 6.10 Å². The van der Waals surface area contributed by atoms with Crippen molar-refractivity contribution in [3.8, 4) is 5.75 Å². The molecule has 2 atom stereocenters. The Balaban J connectivity index is 1.43. The lowest BCUT2D eigenvalue weighted by Gasteiger charge is -2.33. The molecule has 6 heteroatoms. The Labute approximate surface area is 166 Å². The van der Waals surface area contributed by atoms with Gasteiger partial charge in [0.2, 0.25) is 0 Å². The first-order chi connectivity index (χ1) is 13.1. The number of carbonyl (C=O) groups is 1. The number of benzene rings is 2. The number of amides is 1. The third-order valence-electron chi connectivity index (χ3n) is 5.00. The van der Waals surface area contributed by atoms with E-state index in [1.165, 1.54) is 0 Å². The molecule has 1 fully saturated rings. The van der Waals surface area contributed by atoms with Gasteiger partial charge >= 0.3 is 0 Å². The number of aromatic nitrogens is 2. The maximum absolute atomic E-state index is 12.9. The molecular formula is C21H22BrN3O2. The highest BCUT2D eigenvalue weighted by Crippen LogP contribution is 2.27. The number of hydrogen-bond donors (Lipinski definition) is 1. The average Bonchev–Trinajstić information content (AvgIpc) is 3.13. The van der Waals surface area contributed by atoms with Crippen molar-refractivity contribution >= 4 is 32.9 Å². The van der Waals surface area contributed by atoms with E-state index in [-0.39, 0.29) is 11.8 Å². The number of imidazole rings is 1. The second-order valence-electron chi connectivity index (χ2n) is 6.98. The van der Waals surface area contributed by atoms with Crippen LogP contribution in [0.3, 0.4) is 0 Å². The lowest BCUT2D eigenvalue weighted by Crippen LogP contribution is -2.45. The van der Waals surface area contributed by atoms with E-state index in [1.54, 1.807) is 0 Å². The van der Waals surface area contributed by atoms with Crippen LogP contribution in [0.5, 0.6) is 5.75 Å². The fourth-order valence-corrected chi connectivity index (χ4v) is 3.86. The highest BCUT2D eigenvalue weighted by molar-refractivity contribution is 9.10. The zero-order valence-electron chi connectivity index (χ0n) is 15.2. The van der Waals surface area contributed by atoms with Gasteiger partial charge in [-0.3, -0.25) is 4.79 Å². The summed E-state index contributed by atoms with van der Waals surface area (Å²) in [5.74, 6) is 1.92. The molecule has 27 heavy (non-hydrogen) atoms. The number of halogens is 1. The van der Waals surface area contributed by atoms with Gasteiger partial charge in [-0.1, -0.05) is 28.1 Å². The quantitative estimate of drug-likeness (QED) is 0.666. The summed E-state index contributed by atoms with van der Waals surface area (Å²) in [7, 11) is 0. The maximum atomic E-state index is 12.9. The van der Waals surface area contributed by atoms with E-state index in [9.17, 15) is 4.79 Å². The molecule has 1 N–H and O–H groups in total. The van der Waals surface area contributed by atoms with Crippen molar-refractivity contribution in [1.29, 1.82) is 0 Å². The molecule has 1 saturated heterocycles. The Hall–Kier alpha value is -2.34. The van der Waals surface area contributed by atoms with Crippen molar-refractivity contribution in [2.45, 2.75) is 31.8 Å². The van der Waals surface area contributed by atoms with E-state index >= 15 is 0 Å². The van der Waals surface area contributed by atoms with Gasteiger partial charge in [-0.2, -0.15) is 0 Å². The van der Waals surface area contributed by atoms with E-state index in [1.807, 2.05) is 60.4 Å². The van der Waals surface area contributed by atoms with Crippen LogP contribution in [0.25, 0.3) is 11.0 Å². The lowest BCUT2D eigenvalue weighted by molar-refractivity contribution is -0.139. The summed E-state index contributed by atoms with van der Waals surface area (Å²) >= 11 is 3.40. The second-order valence-corrected chi connectivity index (χ2v) is 7.89. The largest absolute Gasteiger partial charge is 0.481 e. The van der Waals surface area contributed by atoms with Crippen molar-refractivity contribution in [3.63, 3.8) is 0 Å². The average molecular weight is 428 g/mol. The van der Waals surface area contributed by atoms with Gasteiger partial charge in [-0.05, 0) is 56.2 Å². The number of rotatable bonds is 4. The number of ether oxygens (including phenoxy) is 1. The Kier molecular flexibility index (Phi) is 5.16. The van der Waals surface area contributed by atoms with Gasteiger partial charge in [0.25, 0.3) is 5.91 Å². The highest BCUT2D eigenvalue weighted by atomic mass is 79.9. The van der Waals surface area contributed by atoms with Gasteiger partial charge in [-0.15, -0.1) is 0 Å². The number of hydrogen-bond acceptors (Lipinski definition) is 3. The van der Waals surface area contributed by atoms with Crippen molar-refractivity contribution < 1.29 is 9.53 Å². The molecule has 1 unspecified atom stereocenters. The van der Waals surface area contributed by atoms with Crippen molar-refractivity contribution in [2.24, 2.45) is 0 Å². The molecule has 140 valence electrons. The van der Waals surface area contributed by atoms with Gasteiger partial charge in [0.15, 0.2) is 6.10 Å². The van der Waals surface area contributed by atoms with Crippen LogP contribution < -0.4 is 4.74 Å². The van der Waals surface area contributed by atoms with Gasteiger partial charge in [0, 0.05) is 23.5 Å². The summed E-state index contributed by atoms with van der Waals surface area (Å²) in [5.41, 5.74) is 2.02. The molecule has 1 aliphatic heterocycles. The van der Waals surface area contributed by atoms with Crippen LogP contribution >= 0.6 is 15.9 Å². The van der Waals surface area contributed by atoms with Gasteiger partial charge in [-0.25, -0.2) is 4.98 Å². The minimum atomic E-state index is -0.513. The number of fused-ring (bicyclic) bond motifs is 1. The Morgan fingerprint density at radius 3 is 2.81 bits per heavy atom. The van der Waals surface area contributed by atoms with Gasteiger partial charge in [0.1, 0.15) is 11.6 Å². The number of nitrogens with one attached hydrogen (secondary N) is 1. The molecule has 0 aliphatic carbocycles. The smallest absolute Gasteiger partial charge is 0.263 e. The van der Waals surface area contributed by atoms with Gasteiger partial charge < -0.3 is 14.6 Å². The van der Waals surface area contributed by atoms with Gasteiger partial charge in [0.05, 0.1) is 11.0 Å². The molecule has 1 aromatic heterocycles. The monoisotopic (exact) mass is 427 g/mol. The number of likely N-dealkylation sites (tertiary alicyclic amines) is 1. The summed E-state index contributed by atoms with van der Waals surface area (Å²) < 4.78 is 6.82. The number of H-pyrrole nitrogens is 1. The number of nitrogens with zero attached hydrogens (tertiary/aromatic N) is 2. The molecule has 5 nitrogen and oxygen atoms in total. The molecule has 2 heterocycles. The van der Waals surface area contributed by atoms with Crippen LogP contribution in [-0.4, -0.2) is 40.0 Å². The number of piperidine rings is 1. The minimum absolute atomic E-state index is 0.0266. The third kappa shape index (κ3) is 4.00.